The summed E-state index contributed by atoms with van der Waals surface area (Å²) in [5.41, 5.74) is 3.88. The molecule has 0 radical (unpaired) electrons. The van der Waals surface area contributed by atoms with Gasteiger partial charge in [-0.05, 0) is 6.92 Å². The summed E-state index contributed by atoms with van der Waals surface area (Å²) in [5.74, 6) is -1.48. The molecule has 0 saturated carbocycles. The number of hydrogen-bond acceptors (Lipinski definition) is 5. The molecule has 1 aliphatic heterocycles. The highest BCUT2D eigenvalue weighted by atomic mass is 35.5. The second kappa shape index (κ2) is 7.07. The zero-order valence-electron chi connectivity index (χ0n) is 10.00. The lowest BCUT2D eigenvalue weighted by Gasteiger charge is -2.27. The molecule has 0 spiro atoms. The number of carboxylic acids is 1. The molecule has 102 valence electrons. The number of nitrogens with zero attached hydrogens (tertiary/aromatic N) is 2. The number of hydrogen-bond donors (Lipinski definition) is 3. The Kier molecular flexibility index (Phi) is 6.50. The lowest BCUT2D eigenvalue weighted by molar-refractivity contribution is -0.147. The molecule has 1 aliphatic rings. The molecule has 1 heterocycles. The van der Waals surface area contributed by atoms with Crippen LogP contribution in [0.4, 0.5) is 0 Å². The topological polar surface area (TPSA) is 117 Å². The van der Waals surface area contributed by atoms with Crippen molar-refractivity contribution in [3.8, 4) is 0 Å². The summed E-state index contributed by atoms with van der Waals surface area (Å²) in [6, 6.07) is -0.311. The SMILES string of the molecule is C[C@@](CC1C=NC=N1)(NC(=O)CCN)C(=O)O.Cl. The average Bonchev–Trinajstić information content (AvgIpc) is 2.69. The molecule has 7 nitrogen and oxygen atoms in total. The van der Waals surface area contributed by atoms with Crippen LogP contribution in [0.2, 0.25) is 0 Å². The van der Waals surface area contributed by atoms with Crippen LogP contribution in [0.15, 0.2) is 9.98 Å². The van der Waals surface area contributed by atoms with Gasteiger partial charge >= 0.3 is 5.97 Å². The van der Waals surface area contributed by atoms with Crippen LogP contribution < -0.4 is 11.1 Å². The molecule has 1 rings (SSSR count). The number of nitrogens with one attached hydrogen (secondary N) is 1. The van der Waals surface area contributed by atoms with E-state index in [-0.39, 0.29) is 43.7 Å². The van der Waals surface area contributed by atoms with E-state index in [1.54, 1.807) is 6.21 Å². The molecule has 8 heteroatoms. The summed E-state index contributed by atoms with van der Waals surface area (Å²) in [4.78, 5) is 30.4. The van der Waals surface area contributed by atoms with Crippen molar-refractivity contribution in [1.29, 1.82) is 0 Å². The Morgan fingerprint density at radius 3 is 2.67 bits per heavy atom. The third-order valence-electron chi connectivity index (χ3n) is 2.46. The van der Waals surface area contributed by atoms with Crippen molar-refractivity contribution in [3.05, 3.63) is 0 Å². The number of halogens is 1. The molecular formula is C10H17ClN4O3. The number of rotatable bonds is 6. The maximum Gasteiger partial charge on any atom is 0.329 e. The van der Waals surface area contributed by atoms with Crippen LogP contribution >= 0.6 is 12.4 Å². The van der Waals surface area contributed by atoms with Crippen LogP contribution in [0.5, 0.6) is 0 Å². The number of carbonyl (C=O) groups excluding carboxylic acids is 1. The van der Waals surface area contributed by atoms with Gasteiger partial charge in [-0.3, -0.25) is 9.79 Å². The van der Waals surface area contributed by atoms with Gasteiger partial charge in [-0.15, -0.1) is 12.4 Å². The van der Waals surface area contributed by atoms with Crippen LogP contribution in [0.3, 0.4) is 0 Å². The average molecular weight is 277 g/mol. The summed E-state index contributed by atoms with van der Waals surface area (Å²) < 4.78 is 0. The molecule has 1 amide bonds. The quantitative estimate of drug-likeness (QED) is 0.611. The molecule has 1 unspecified atom stereocenters. The van der Waals surface area contributed by atoms with Crippen molar-refractivity contribution in [2.45, 2.75) is 31.3 Å². The maximum absolute atomic E-state index is 11.4. The first kappa shape index (κ1) is 16.5. The van der Waals surface area contributed by atoms with Crippen molar-refractivity contribution in [2.24, 2.45) is 15.7 Å². The number of carboxylic acid groups (broad SMARTS) is 1. The minimum Gasteiger partial charge on any atom is -0.480 e. The molecule has 0 aromatic carbocycles. The fraction of sp³-hybridized carbons (Fsp3) is 0.600. The zero-order chi connectivity index (χ0) is 12.9. The fourth-order valence-corrected chi connectivity index (χ4v) is 1.52. The smallest absolute Gasteiger partial charge is 0.329 e. The largest absolute Gasteiger partial charge is 0.480 e. The first-order valence-corrected chi connectivity index (χ1v) is 5.27. The fourth-order valence-electron chi connectivity index (χ4n) is 1.52. The van der Waals surface area contributed by atoms with E-state index in [0.717, 1.165) is 0 Å². The summed E-state index contributed by atoms with van der Waals surface area (Å²) in [6.07, 6.45) is 3.19. The predicted molar refractivity (Wildman–Crippen MR) is 70.5 cm³/mol. The standard InChI is InChI=1S/C10H16N4O3.ClH/c1-10(9(16)17,14-8(15)2-3-11)4-7-5-12-6-13-7;/h5-7H,2-4,11H2,1H3,(H,14,15)(H,16,17);1H/t7?,10-;/m0./s1. The summed E-state index contributed by atoms with van der Waals surface area (Å²) >= 11 is 0. The van der Waals surface area contributed by atoms with Gasteiger partial charge in [0.15, 0.2) is 0 Å². The van der Waals surface area contributed by atoms with Crippen LogP contribution in [0.1, 0.15) is 19.8 Å². The Labute approximate surface area is 111 Å². The number of aliphatic carboxylic acids is 1. The molecule has 0 fully saturated rings. The van der Waals surface area contributed by atoms with Crippen LogP contribution in [-0.2, 0) is 9.59 Å². The van der Waals surface area contributed by atoms with Crippen molar-refractivity contribution in [2.75, 3.05) is 6.54 Å². The Morgan fingerprint density at radius 2 is 2.22 bits per heavy atom. The second-order valence-electron chi connectivity index (χ2n) is 4.06. The van der Waals surface area contributed by atoms with Crippen LogP contribution in [0.25, 0.3) is 0 Å². The van der Waals surface area contributed by atoms with Gasteiger partial charge in [-0.1, -0.05) is 0 Å². The molecule has 0 aliphatic carbocycles. The summed E-state index contributed by atoms with van der Waals surface area (Å²) in [6.45, 7) is 1.63. The van der Waals surface area contributed by atoms with E-state index >= 15 is 0 Å². The number of carbonyl (C=O) groups is 2. The van der Waals surface area contributed by atoms with Gasteiger partial charge in [-0.2, -0.15) is 0 Å². The number of amides is 1. The Morgan fingerprint density at radius 1 is 1.56 bits per heavy atom. The van der Waals surface area contributed by atoms with Gasteiger partial charge in [0, 0.05) is 25.6 Å². The van der Waals surface area contributed by atoms with E-state index in [9.17, 15) is 9.59 Å². The first-order valence-electron chi connectivity index (χ1n) is 5.27. The van der Waals surface area contributed by atoms with E-state index in [2.05, 4.69) is 15.3 Å². The molecule has 0 saturated heterocycles. The van der Waals surface area contributed by atoms with Crippen molar-refractivity contribution < 1.29 is 14.7 Å². The Balaban J connectivity index is 0.00000289. The third kappa shape index (κ3) is 4.42. The van der Waals surface area contributed by atoms with E-state index < -0.39 is 11.5 Å². The van der Waals surface area contributed by atoms with Crippen LogP contribution in [-0.4, -0.2) is 47.7 Å². The predicted octanol–water partition coefficient (Wildman–Crippen LogP) is -0.412. The molecule has 4 N–H and O–H groups in total. The van der Waals surface area contributed by atoms with Crippen molar-refractivity contribution >= 4 is 36.8 Å². The van der Waals surface area contributed by atoms with Gasteiger partial charge in [0.05, 0.1) is 6.04 Å². The first-order chi connectivity index (χ1) is 7.98. The maximum atomic E-state index is 11.4. The van der Waals surface area contributed by atoms with Gasteiger partial charge in [-0.25, -0.2) is 9.79 Å². The molecule has 0 bridgehead atoms. The molecule has 0 aromatic heterocycles. The molecular weight excluding hydrogens is 260 g/mol. The van der Waals surface area contributed by atoms with Crippen molar-refractivity contribution in [3.63, 3.8) is 0 Å². The summed E-state index contributed by atoms with van der Waals surface area (Å²) in [7, 11) is 0. The lowest BCUT2D eigenvalue weighted by Crippen LogP contribution is -2.54. The summed E-state index contributed by atoms with van der Waals surface area (Å²) in [5, 5.41) is 11.6. The van der Waals surface area contributed by atoms with E-state index in [1.807, 2.05) is 0 Å². The van der Waals surface area contributed by atoms with Gasteiger partial charge in [0.1, 0.15) is 11.9 Å². The molecule has 2 atom stereocenters. The van der Waals surface area contributed by atoms with Crippen LogP contribution in [0, 0.1) is 0 Å². The highest BCUT2D eigenvalue weighted by Crippen LogP contribution is 2.16. The monoisotopic (exact) mass is 276 g/mol. The van der Waals surface area contributed by atoms with E-state index in [4.69, 9.17) is 10.8 Å². The van der Waals surface area contributed by atoms with E-state index in [1.165, 1.54) is 13.3 Å². The number of nitrogens with two attached hydrogens (primary N) is 1. The highest BCUT2D eigenvalue weighted by molar-refractivity contribution is 5.88. The van der Waals surface area contributed by atoms with Crippen molar-refractivity contribution in [1.82, 2.24) is 5.32 Å². The Hall–Kier alpha value is -1.47. The number of aliphatic imine (C=N–C) groups is 2. The van der Waals surface area contributed by atoms with Gasteiger partial charge in [0.2, 0.25) is 5.91 Å². The second-order valence-corrected chi connectivity index (χ2v) is 4.06. The third-order valence-corrected chi connectivity index (χ3v) is 2.46. The minimum atomic E-state index is -1.36. The van der Waals surface area contributed by atoms with Gasteiger partial charge in [0.25, 0.3) is 0 Å². The lowest BCUT2D eigenvalue weighted by atomic mass is 9.93. The Bertz CT molecular complexity index is 360. The van der Waals surface area contributed by atoms with E-state index in [0.29, 0.717) is 0 Å². The normalized spacial score (nSPS) is 20.0. The highest BCUT2D eigenvalue weighted by Gasteiger charge is 2.37. The van der Waals surface area contributed by atoms with Gasteiger partial charge < -0.3 is 16.2 Å². The molecule has 0 aromatic rings. The molecule has 18 heavy (non-hydrogen) atoms. The zero-order valence-corrected chi connectivity index (χ0v) is 10.8. The minimum absolute atomic E-state index is 0.